The van der Waals surface area contributed by atoms with E-state index in [0.29, 0.717) is 69.8 Å². The molecule has 1 aromatic rings. The molecule has 426 valence electrons. The number of hydrogen-bond donors (Lipinski definition) is 2. The summed E-state index contributed by atoms with van der Waals surface area (Å²) in [5.74, 6) is -8.61. The van der Waals surface area contributed by atoms with Gasteiger partial charge in [0, 0.05) is 65.4 Å². The number of Topliss-reactive ketones (excluding diaryl/α,β-unsaturated/α-hetero) is 3. The van der Waals surface area contributed by atoms with E-state index in [9.17, 15) is 39.0 Å². The van der Waals surface area contributed by atoms with Crippen LogP contribution in [0.2, 0.25) is 0 Å². The van der Waals surface area contributed by atoms with Crippen molar-refractivity contribution in [3.8, 4) is 0 Å². The van der Waals surface area contributed by atoms with Gasteiger partial charge < -0.3 is 60.5 Å². The number of allylic oxidation sites excluding steroid dienone is 6. The molecule has 1 aliphatic carbocycles. The normalized spacial score (nSPS) is 36.1. The fraction of sp³-hybridized carbons (Fsp3) is 0.707. The molecule has 4 heterocycles. The van der Waals surface area contributed by atoms with Crippen LogP contribution in [0.3, 0.4) is 0 Å². The second-order valence-electron chi connectivity index (χ2n) is 22.0. The molecule has 3 aliphatic heterocycles. The number of methoxy groups -OCH3 is 3. The number of aliphatic hydroxyl groups is 2. The lowest BCUT2D eigenvalue weighted by Gasteiger charge is -2.42. The maximum absolute atomic E-state index is 14.6. The summed E-state index contributed by atoms with van der Waals surface area (Å²) in [6.45, 7) is 16.8. The zero-order chi connectivity index (χ0) is 55.3. The molecule has 2 bridgehead atoms. The van der Waals surface area contributed by atoms with Crippen LogP contribution in [-0.2, 0) is 63.7 Å². The maximum atomic E-state index is 14.6. The molecule has 4 aliphatic rings. The Hall–Kier alpha value is -3.75. The number of nitrogens with zero attached hydrogens (tertiary/aromatic N) is 2. The van der Waals surface area contributed by atoms with Crippen molar-refractivity contribution in [3.63, 3.8) is 0 Å². The molecular formula is C58H87BrN2O14S. The number of amides is 1. The Morgan fingerprint density at radius 2 is 1.61 bits per heavy atom. The van der Waals surface area contributed by atoms with Crippen LogP contribution in [0.25, 0.3) is 0 Å². The number of piperidine rings is 1. The van der Waals surface area contributed by atoms with Crippen LogP contribution in [-0.4, -0.2) is 133 Å². The van der Waals surface area contributed by atoms with Crippen LogP contribution in [0.15, 0.2) is 53.1 Å². The number of halogens is 1. The minimum Gasteiger partial charge on any atom is -1.00 e. The minimum atomic E-state index is -2.45. The standard InChI is InChI=1S/C58H87N2O14S.BrH/c1-34-18-14-13-15-19-35(2)48(69-10)30-44-23-21-40(7)58(68,74-44)55(65)56(66)60-25-17-16-20-45(60)57(67)73-49(31-46(61)36(3)27-39(6)53(64)54(71-12)52(63)38(5)26-34)37(4)28-43-22-24-47(50(29-43)70-11)72-51(62)32-59-33-75-42(9)41(59)8;/h13-15,18-19,27,33-34,36-38,40,43-45,47-50,53-54,64,68H,16-17,20-26,28-32H2,1-12H3;1H/q+1;/p-1/b15-13+,18-14+,35-19+,39-27+;/t34-,36-,37-,38-,40-,43+,44+,45+,47-,48+,49+,50-,53-,54+,58-;/m1./s1. The molecule has 0 spiro atoms. The van der Waals surface area contributed by atoms with Gasteiger partial charge in [-0.05, 0) is 114 Å². The van der Waals surface area contributed by atoms with E-state index in [4.69, 9.17) is 28.4 Å². The van der Waals surface area contributed by atoms with Gasteiger partial charge >= 0.3 is 11.9 Å². The lowest BCUT2D eigenvalue weighted by atomic mass is 9.78. The molecule has 1 aromatic heterocycles. The molecule has 15 atom stereocenters. The number of thiazole rings is 1. The smallest absolute Gasteiger partial charge is 0.373 e. The Morgan fingerprint density at radius 3 is 2.26 bits per heavy atom. The van der Waals surface area contributed by atoms with Gasteiger partial charge in [-0.2, -0.15) is 4.57 Å². The molecule has 5 rings (SSSR count). The second-order valence-corrected chi connectivity index (χ2v) is 23.1. The van der Waals surface area contributed by atoms with E-state index >= 15 is 0 Å². The number of hydrogen-bond acceptors (Lipinski definition) is 15. The van der Waals surface area contributed by atoms with Crippen LogP contribution in [0, 0.1) is 49.4 Å². The summed E-state index contributed by atoms with van der Waals surface area (Å²) >= 11 is 1.57. The largest absolute Gasteiger partial charge is 1.00 e. The number of ether oxygens (including phenoxy) is 6. The minimum absolute atomic E-state index is 0. The van der Waals surface area contributed by atoms with E-state index in [0.717, 1.165) is 16.1 Å². The topological polar surface area (TPSA) is 205 Å². The summed E-state index contributed by atoms with van der Waals surface area (Å²) in [5.41, 5.74) is 4.16. The Morgan fingerprint density at radius 1 is 0.882 bits per heavy atom. The average Bonchev–Trinajstić information content (AvgIpc) is 3.69. The summed E-state index contributed by atoms with van der Waals surface area (Å²) in [6.07, 6.45) is 10.9. The third-order valence-corrected chi connectivity index (χ3v) is 17.3. The van der Waals surface area contributed by atoms with Gasteiger partial charge in [0.2, 0.25) is 17.8 Å². The van der Waals surface area contributed by atoms with E-state index in [-0.39, 0.29) is 72.3 Å². The summed E-state index contributed by atoms with van der Waals surface area (Å²) in [6, 6.07) is -1.17. The number of carbonyl (C=O) groups is 6. The Balaban J connectivity index is 0.0000125. The van der Waals surface area contributed by atoms with Gasteiger partial charge in [0.1, 0.15) is 36.2 Å². The predicted octanol–water partition coefficient (Wildman–Crippen LogP) is 4.40. The highest BCUT2D eigenvalue weighted by molar-refractivity contribution is 7.09. The molecule has 1 saturated carbocycles. The van der Waals surface area contributed by atoms with Crippen molar-refractivity contribution in [3.05, 3.63) is 63.7 Å². The number of carbonyl (C=O) groups excluding carboxylic acids is 6. The molecule has 0 unspecified atom stereocenters. The van der Waals surface area contributed by atoms with Crippen molar-refractivity contribution in [2.24, 2.45) is 35.5 Å². The number of esters is 2. The molecule has 1 amide bonds. The Labute approximate surface area is 465 Å². The van der Waals surface area contributed by atoms with E-state index in [2.05, 4.69) is 0 Å². The summed E-state index contributed by atoms with van der Waals surface area (Å²) in [7, 11) is 4.54. The summed E-state index contributed by atoms with van der Waals surface area (Å²) in [4.78, 5) is 86.9. The first-order valence-corrected chi connectivity index (χ1v) is 28.0. The van der Waals surface area contributed by atoms with Gasteiger partial charge in [-0.15, -0.1) is 0 Å². The third-order valence-electron chi connectivity index (χ3n) is 16.3. The van der Waals surface area contributed by atoms with E-state index in [1.807, 2.05) is 82.0 Å². The highest BCUT2D eigenvalue weighted by Gasteiger charge is 2.53. The van der Waals surface area contributed by atoms with Gasteiger partial charge in [-0.1, -0.05) is 82.4 Å². The monoisotopic (exact) mass is 1150 g/mol. The van der Waals surface area contributed by atoms with Gasteiger partial charge in [-0.25, -0.2) is 9.59 Å². The number of ketones is 3. The molecule has 16 nitrogen and oxygen atoms in total. The van der Waals surface area contributed by atoms with Crippen LogP contribution in [0.4, 0.5) is 0 Å². The summed E-state index contributed by atoms with van der Waals surface area (Å²) < 4.78 is 37.8. The maximum Gasteiger partial charge on any atom is 0.373 e. The third kappa shape index (κ3) is 16.9. The fourth-order valence-corrected chi connectivity index (χ4v) is 12.1. The van der Waals surface area contributed by atoms with E-state index in [1.165, 1.54) is 12.0 Å². The first-order chi connectivity index (χ1) is 35.5. The highest BCUT2D eigenvalue weighted by atomic mass is 79.9. The molecule has 76 heavy (non-hydrogen) atoms. The quantitative estimate of drug-likeness (QED) is 0.152. The predicted molar refractivity (Wildman–Crippen MR) is 283 cm³/mol. The van der Waals surface area contributed by atoms with Crippen molar-refractivity contribution in [2.75, 3.05) is 27.9 Å². The lowest BCUT2D eigenvalue weighted by molar-refractivity contribution is -0.687. The van der Waals surface area contributed by atoms with Crippen molar-refractivity contribution in [1.29, 1.82) is 0 Å². The Bertz CT molecular complexity index is 2280. The van der Waals surface area contributed by atoms with Gasteiger partial charge in [0.25, 0.3) is 11.7 Å². The number of cyclic esters (lactones) is 1. The zero-order valence-corrected chi connectivity index (χ0v) is 49.4. The molecule has 2 saturated heterocycles. The molecule has 0 aromatic carbocycles. The number of fused-ring (bicyclic) bond motifs is 3. The highest BCUT2D eigenvalue weighted by Crippen LogP contribution is 2.38. The van der Waals surface area contributed by atoms with Crippen molar-refractivity contribution in [1.82, 2.24) is 4.90 Å². The molecule has 3 fully saturated rings. The van der Waals surface area contributed by atoms with Crippen LogP contribution < -0.4 is 21.5 Å². The van der Waals surface area contributed by atoms with Gasteiger partial charge in [0.15, 0.2) is 11.5 Å². The zero-order valence-electron chi connectivity index (χ0n) is 47.0. The van der Waals surface area contributed by atoms with Gasteiger partial charge in [0.05, 0.1) is 23.2 Å². The first-order valence-electron chi connectivity index (χ1n) is 27.2. The molecular weight excluding hydrogens is 1060 g/mol. The van der Waals surface area contributed by atoms with Crippen LogP contribution in [0.5, 0.6) is 0 Å². The lowest BCUT2D eigenvalue weighted by Crippen LogP contribution is -3.00. The van der Waals surface area contributed by atoms with Crippen molar-refractivity contribution < 1.29 is 89.0 Å². The number of aryl methyl sites for hydroxylation is 1. The first kappa shape index (κ1) is 64.8. The second kappa shape index (κ2) is 30.0. The molecule has 0 radical (unpaired) electrons. The number of aromatic nitrogens is 1. The van der Waals surface area contributed by atoms with E-state index in [1.54, 1.807) is 52.4 Å². The van der Waals surface area contributed by atoms with Gasteiger partial charge in [-0.3, -0.25) is 19.2 Å². The molecule has 2 N–H and O–H groups in total. The Kier molecular flexibility index (Phi) is 25.6. The van der Waals surface area contributed by atoms with Crippen molar-refractivity contribution >= 4 is 46.5 Å². The fourth-order valence-electron chi connectivity index (χ4n) is 11.2. The van der Waals surface area contributed by atoms with Crippen molar-refractivity contribution in [2.45, 2.75) is 200 Å². The van der Waals surface area contributed by atoms with E-state index < -0.39 is 95.9 Å². The average molecular weight is 1150 g/mol. The number of rotatable bonds is 9. The molecule has 18 heteroatoms. The SMILES string of the molecule is CO[C@H]1C[C@@H]2CC[C@@H](C)[C@@](O)(O2)C(=O)C(=O)N2CCCC[C@H]2C(=O)O[C@H]([C@H](C)C[C@@H]2CC[C@@H](OC(=O)C[n+]3csc(C)c3C)[C@H](OC)C2)CC(=O)[C@H](C)/C=C(\C)[C@@H](O)[C@@H](OC)C(=O)[C@H](C)C[C@H](C)/C=C/C=C/C=C/1C.[Br-]. The summed E-state index contributed by atoms with van der Waals surface area (Å²) in [5, 5.41) is 23.6. The van der Waals surface area contributed by atoms with Crippen LogP contribution in [0.1, 0.15) is 136 Å². The number of aliphatic hydroxyl groups excluding tert-OH is 1. The van der Waals surface area contributed by atoms with Crippen LogP contribution >= 0.6 is 11.3 Å².